The zero-order chi connectivity index (χ0) is 10.7. The van der Waals surface area contributed by atoms with E-state index in [1.165, 1.54) is 5.56 Å². The number of rotatable bonds is 3. The van der Waals surface area contributed by atoms with Crippen LogP contribution < -0.4 is 5.32 Å². The Bertz CT molecular complexity index is 424. The van der Waals surface area contributed by atoms with Gasteiger partial charge in [0.15, 0.2) is 5.13 Å². The number of nitrogens with one attached hydrogen (secondary N) is 1. The quantitative estimate of drug-likeness (QED) is 0.862. The smallest absolute Gasteiger partial charge is 0.183 e. The van der Waals surface area contributed by atoms with Crippen molar-refractivity contribution < 1.29 is 0 Å². The fourth-order valence-electron chi connectivity index (χ4n) is 1.34. The maximum atomic E-state index is 4.37. The average molecular weight is 219 g/mol. The molecule has 0 aliphatic rings. The van der Waals surface area contributed by atoms with E-state index in [2.05, 4.69) is 22.2 Å². The third-order valence-electron chi connectivity index (χ3n) is 2.17. The molecule has 0 aliphatic carbocycles. The average Bonchev–Trinajstić information content (AvgIpc) is 2.65. The van der Waals surface area contributed by atoms with Gasteiger partial charge in [0.1, 0.15) is 0 Å². The van der Waals surface area contributed by atoms with Gasteiger partial charge in [-0.1, -0.05) is 0 Å². The summed E-state index contributed by atoms with van der Waals surface area (Å²) in [7, 11) is 0. The van der Waals surface area contributed by atoms with Gasteiger partial charge in [-0.15, -0.1) is 11.3 Å². The fraction of sp³-hybridized carbons (Fsp3) is 0.273. The summed E-state index contributed by atoms with van der Waals surface area (Å²) in [6, 6.07) is 4.29. The monoisotopic (exact) mass is 219 g/mol. The Balaban J connectivity index is 2.07. The van der Waals surface area contributed by atoms with Crippen LogP contribution in [0.25, 0.3) is 0 Å². The van der Waals surface area contributed by atoms with Crippen molar-refractivity contribution in [1.82, 2.24) is 9.97 Å². The molecule has 0 saturated carbocycles. The first-order valence-corrected chi connectivity index (χ1v) is 5.72. The minimum absolute atomic E-state index is 0.263. The number of anilines is 1. The van der Waals surface area contributed by atoms with Crippen molar-refractivity contribution in [2.45, 2.75) is 19.9 Å². The molecule has 0 aliphatic heterocycles. The molecule has 0 fully saturated rings. The lowest BCUT2D eigenvalue weighted by Crippen LogP contribution is -2.06. The topological polar surface area (TPSA) is 37.8 Å². The Morgan fingerprint density at radius 2 is 2.07 bits per heavy atom. The lowest BCUT2D eigenvalue weighted by molar-refractivity contribution is 0.876. The molecule has 1 atom stereocenters. The Morgan fingerprint density at radius 1 is 1.33 bits per heavy atom. The van der Waals surface area contributed by atoms with Gasteiger partial charge in [0.25, 0.3) is 0 Å². The van der Waals surface area contributed by atoms with Crippen LogP contribution in [0.2, 0.25) is 0 Å². The van der Waals surface area contributed by atoms with Gasteiger partial charge in [-0.25, -0.2) is 4.98 Å². The van der Waals surface area contributed by atoms with Crippen LogP contribution in [-0.4, -0.2) is 9.97 Å². The number of nitrogens with zero attached hydrogens (tertiary/aromatic N) is 2. The van der Waals surface area contributed by atoms with Gasteiger partial charge in [0.05, 0.1) is 11.7 Å². The van der Waals surface area contributed by atoms with Gasteiger partial charge in [-0.05, 0) is 31.5 Å². The van der Waals surface area contributed by atoms with Gasteiger partial charge >= 0.3 is 0 Å². The zero-order valence-corrected chi connectivity index (χ0v) is 9.58. The molecule has 2 aromatic heterocycles. The van der Waals surface area contributed by atoms with Crippen molar-refractivity contribution in [2.75, 3.05) is 5.32 Å². The van der Waals surface area contributed by atoms with E-state index in [1.54, 1.807) is 23.7 Å². The standard InChI is InChI=1S/C11H13N3S/c1-8-7-15-11(13-8)14-9(2)10-3-5-12-6-4-10/h3-7,9H,1-2H3,(H,13,14). The van der Waals surface area contributed by atoms with E-state index >= 15 is 0 Å². The van der Waals surface area contributed by atoms with Gasteiger partial charge in [0.2, 0.25) is 0 Å². The first kappa shape index (κ1) is 10.1. The molecule has 0 radical (unpaired) electrons. The summed E-state index contributed by atoms with van der Waals surface area (Å²) in [5.41, 5.74) is 2.28. The molecular weight excluding hydrogens is 206 g/mol. The molecule has 0 amide bonds. The van der Waals surface area contributed by atoms with Crippen molar-refractivity contribution in [3.63, 3.8) is 0 Å². The number of hydrogen-bond donors (Lipinski definition) is 1. The molecule has 1 N–H and O–H groups in total. The number of aromatic nitrogens is 2. The SMILES string of the molecule is Cc1csc(NC(C)c2ccncc2)n1. The molecule has 0 saturated heterocycles. The largest absolute Gasteiger partial charge is 0.355 e. The Labute approximate surface area is 93.2 Å². The van der Waals surface area contributed by atoms with Crippen molar-refractivity contribution in [2.24, 2.45) is 0 Å². The van der Waals surface area contributed by atoms with E-state index in [9.17, 15) is 0 Å². The van der Waals surface area contributed by atoms with E-state index in [4.69, 9.17) is 0 Å². The number of pyridine rings is 1. The maximum Gasteiger partial charge on any atom is 0.183 e. The van der Waals surface area contributed by atoms with Crippen LogP contribution >= 0.6 is 11.3 Å². The number of aryl methyl sites for hydroxylation is 1. The van der Waals surface area contributed by atoms with Gasteiger partial charge in [-0.3, -0.25) is 4.98 Å². The van der Waals surface area contributed by atoms with E-state index in [0.717, 1.165) is 10.8 Å². The van der Waals surface area contributed by atoms with Gasteiger partial charge in [0, 0.05) is 17.8 Å². The third-order valence-corrected chi connectivity index (χ3v) is 3.06. The lowest BCUT2D eigenvalue weighted by atomic mass is 10.1. The maximum absolute atomic E-state index is 4.37. The highest BCUT2D eigenvalue weighted by atomic mass is 32.1. The van der Waals surface area contributed by atoms with Gasteiger partial charge in [-0.2, -0.15) is 0 Å². The highest BCUT2D eigenvalue weighted by Gasteiger charge is 2.06. The molecular formula is C11H13N3S. The molecule has 2 aromatic rings. The summed E-state index contributed by atoms with van der Waals surface area (Å²) in [6.45, 7) is 4.12. The van der Waals surface area contributed by atoms with E-state index < -0.39 is 0 Å². The predicted octanol–water partition coefficient (Wildman–Crippen LogP) is 3.02. The first-order valence-electron chi connectivity index (χ1n) is 4.84. The van der Waals surface area contributed by atoms with Crippen molar-refractivity contribution in [3.8, 4) is 0 Å². The summed E-state index contributed by atoms with van der Waals surface area (Å²) in [5, 5.41) is 6.37. The normalized spacial score (nSPS) is 12.4. The minimum atomic E-state index is 0.263. The second-order valence-corrected chi connectivity index (χ2v) is 4.30. The molecule has 0 spiro atoms. The number of thiazole rings is 1. The zero-order valence-electron chi connectivity index (χ0n) is 8.77. The van der Waals surface area contributed by atoms with Crippen LogP contribution in [0.4, 0.5) is 5.13 Å². The fourth-order valence-corrected chi connectivity index (χ4v) is 2.12. The lowest BCUT2D eigenvalue weighted by Gasteiger charge is -2.12. The Kier molecular flexibility index (Phi) is 2.97. The molecule has 15 heavy (non-hydrogen) atoms. The summed E-state index contributed by atoms with van der Waals surface area (Å²) in [5.74, 6) is 0. The Morgan fingerprint density at radius 3 is 2.67 bits per heavy atom. The molecule has 0 bridgehead atoms. The minimum Gasteiger partial charge on any atom is -0.355 e. The Hall–Kier alpha value is -1.42. The van der Waals surface area contributed by atoms with Gasteiger partial charge < -0.3 is 5.32 Å². The molecule has 0 aromatic carbocycles. The van der Waals surface area contributed by atoms with Crippen LogP contribution in [0.3, 0.4) is 0 Å². The summed E-state index contributed by atoms with van der Waals surface area (Å²) >= 11 is 1.63. The van der Waals surface area contributed by atoms with Crippen LogP contribution in [-0.2, 0) is 0 Å². The van der Waals surface area contributed by atoms with E-state index in [1.807, 2.05) is 24.4 Å². The van der Waals surface area contributed by atoms with Crippen molar-refractivity contribution in [3.05, 3.63) is 41.2 Å². The molecule has 78 valence electrons. The van der Waals surface area contributed by atoms with Crippen LogP contribution in [0.5, 0.6) is 0 Å². The number of hydrogen-bond acceptors (Lipinski definition) is 4. The van der Waals surface area contributed by atoms with E-state index in [0.29, 0.717) is 0 Å². The molecule has 2 rings (SSSR count). The molecule has 2 heterocycles. The second-order valence-electron chi connectivity index (χ2n) is 3.44. The first-order chi connectivity index (χ1) is 7.25. The summed E-state index contributed by atoms with van der Waals surface area (Å²) in [6.07, 6.45) is 3.61. The second kappa shape index (κ2) is 4.40. The molecule has 3 nitrogen and oxygen atoms in total. The van der Waals surface area contributed by atoms with Crippen LogP contribution in [0.15, 0.2) is 29.9 Å². The highest BCUT2D eigenvalue weighted by Crippen LogP contribution is 2.21. The summed E-state index contributed by atoms with van der Waals surface area (Å²) in [4.78, 5) is 8.37. The molecule has 4 heteroatoms. The van der Waals surface area contributed by atoms with Crippen LogP contribution in [0.1, 0.15) is 24.2 Å². The third kappa shape index (κ3) is 2.53. The van der Waals surface area contributed by atoms with Crippen molar-refractivity contribution >= 4 is 16.5 Å². The highest BCUT2D eigenvalue weighted by molar-refractivity contribution is 7.13. The van der Waals surface area contributed by atoms with Crippen LogP contribution in [0, 0.1) is 6.92 Å². The van der Waals surface area contributed by atoms with E-state index in [-0.39, 0.29) is 6.04 Å². The predicted molar refractivity (Wildman–Crippen MR) is 63.1 cm³/mol. The summed E-state index contributed by atoms with van der Waals surface area (Å²) < 4.78 is 0. The molecule has 1 unspecified atom stereocenters. The van der Waals surface area contributed by atoms with Crippen molar-refractivity contribution in [1.29, 1.82) is 0 Å².